The van der Waals surface area contributed by atoms with Crippen molar-refractivity contribution in [2.75, 3.05) is 26.8 Å². The maximum Gasteiger partial charge on any atom is 0.290 e. The molecule has 7 nitrogen and oxygen atoms in total. The molecule has 1 saturated heterocycles. The zero-order valence-corrected chi connectivity index (χ0v) is 14.8. The number of methoxy groups -OCH3 is 1. The Hall–Kier alpha value is -2.09. The number of nitrogens with zero attached hydrogens (tertiary/aromatic N) is 3. The second kappa shape index (κ2) is 10.0. The van der Waals surface area contributed by atoms with Crippen LogP contribution in [0.2, 0.25) is 5.02 Å². The number of carbonyl (C=O) groups is 1. The number of hydrogen-bond acceptors (Lipinski definition) is 5. The normalized spacial score (nSPS) is 14.3. The number of imidazole rings is 1. The van der Waals surface area contributed by atoms with E-state index in [9.17, 15) is 0 Å². The molecule has 1 aliphatic rings. The van der Waals surface area contributed by atoms with Crippen molar-refractivity contribution < 1.29 is 19.4 Å². The minimum Gasteiger partial charge on any atom is -0.488 e. The SMILES string of the molecule is COCCn1cncc1CN1CC(Oc2cccc(Cl)c2)C1.O=CO. The fraction of sp³-hybridized carbons (Fsp3) is 0.412. The van der Waals surface area contributed by atoms with E-state index in [2.05, 4.69) is 14.5 Å². The summed E-state index contributed by atoms with van der Waals surface area (Å²) in [5, 5.41) is 7.59. The summed E-state index contributed by atoms with van der Waals surface area (Å²) in [4.78, 5) is 14.9. The minimum absolute atomic E-state index is 0.230. The molecule has 8 heteroatoms. The standard InChI is InChI=1S/C16H20ClN3O2.CH2O2/c1-21-6-5-20-12-18-8-14(20)9-19-10-16(11-19)22-15-4-2-3-13(17)7-15;2-1-3/h2-4,7-8,12,16H,5-6,9-11H2,1H3;1H,(H,2,3). The van der Waals surface area contributed by atoms with Crippen molar-refractivity contribution in [3.63, 3.8) is 0 Å². The lowest BCUT2D eigenvalue weighted by atomic mass is 10.1. The van der Waals surface area contributed by atoms with E-state index in [-0.39, 0.29) is 12.6 Å². The molecular formula is C17H22ClN3O4. The van der Waals surface area contributed by atoms with Crippen LogP contribution in [0.3, 0.4) is 0 Å². The molecule has 2 heterocycles. The molecule has 136 valence electrons. The van der Waals surface area contributed by atoms with Gasteiger partial charge in [-0.05, 0) is 18.2 Å². The first-order valence-corrected chi connectivity index (χ1v) is 8.24. The fourth-order valence-corrected chi connectivity index (χ4v) is 2.74. The van der Waals surface area contributed by atoms with Gasteiger partial charge in [0, 0.05) is 44.5 Å². The number of benzene rings is 1. The average molecular weight is 368 g/mol. The molecule has 0 bridgehead atoms. The number of hydrogen-bond donors (Lipinski definition) is 1. The van der Waals surface area contributed by atoms with Crippen molar-refractivity contribution >= 4 is 18.1 Å². The monoisotopic (exact) mass is 367 g/mol. The topological polar surface area (TPSA) is 76.8 Å². The van der Waals surface area contributed by atoms with Gasteiger partial charge in [-0.1, -0.05) is 17.7 Å². The van der Waals surface area contributed by atoms with E-state index in [1.165, 1.54) is 5.69 Å². The van der Waals surface area contributed by atoms with Gasteiger partial charge in [0.1, 0.15) is 11.9 Å². The molecule has 1 aromatic heterocycles. The van der Waals surface area contributed by atoms with Gasteiger partial charge in [0.05, 0.1) is 18.6 Å². The van der Waals surface area contributed by atoms with Gasteiger partial charge < -0.3 is 19.1 Å². The van der Waals surface area contributed by atoms with Crippen molar-refractivity contribution in [1.29, 1.82) is 0 Å². The van der Waals surface area contributed by atoms with Gasteiger partial charge in [-0.25, -0.2) is 4.98 Å². The van der Waals surface area contributed by atoms with Crippen LogP contribution in [0.1, 0.15) is 5.69 Å². The van der Waals surface area contributed by atoms with Crippen molar-refractivity contribution in [2.45, 2.75) is 19.2 Å². The number of likely N-dealkylation sites (tertiary alicyclic amines) is 1. The lowest BCUT2D eigenvalue weighted by Crippen LogP contribution is -2.53. The number of carboxylic acid groups (broad SMARTS) is 1. The Morgan fingerprint density at radius 1 is 1.44 bits per heavy atom. The Morgan fingerprint density at radius 3 is 2.88 bits per heavy atom. The van der Waals surface area contributed by atoms with Gasteiger partial charge in [0.15, 0.2) is 0 Å². The molecule has 0 unspecified atom stereocenters. The Labute approximate surface area is 151 Å². The minimum atomic E-state index is -0.250. The highest BCUT2D eigenvalue weighted by atomic mass is 35.5. The molecule has 1 N–H and O–H groups in total. The quantitative estimate of drug-likeness (QED) is 0.755. The van der Waals surface area contributed by atoms with Crippen LogP contribution in [0.25, 0.3) is 0 Å². The summed E-state index contributed by atoms with van der Waals surface area (Å²) in [5.41, 5.74) is 1.21. The van der Waals surface area contributed by atoms with Crippen molar-refractivity contribution in [3.8, 4) is 5.75 Å². The molecule has 0 atom stereocenters. The Bertz CT molecular complexity index is 659. The summed E-state index contributed by atoms with van der Waals surface area (Å²) in [6.45, 7) is 4.01. The lowest BCUT2D eigenvalue weighted by molar-refractivity contribution is -0.122. The van der Waals surface area contributed by atoms with E-state index in [0.717, 1.165) is 31.9 Å². The van der Waals surface area contributed by atoms with Crippen LogP contribution in [0.5, 0.6) is 5.75 Å². The van der Waals surface area contributed by atoms with Crippen LogP contribution in [-0.2, 0) is 22.6 Å². The molecule has 0 saturated carbocycles. The van der Waals surface area contributed by atoms with E-state index in [0.29, 0.717) is 11.6 Å². The van der Waals surface area contributed by atoms with Gasteiger partial charge in [-0.3, -0.25) is 9.69 Å². The van der Waals surface area contributed by atoms with Gasteiger partial charge in [-0.2, -0.15) is 0 Å². The highest BCUT2D eigenvalue weighted by Crippen LogP contribution is 2.22. The highest BCUT2D eigenvalue weighted by molar-refractivity contribution is 6.30. The Morgan fingerprint density at radius 2 is 2.20 bits per heavy atom. The van der Waals surface area contributed by atoms with Crippen LogP contribution >= 0.6 is 11.6 Å². The highest BCUT2D eigenvalue weighted by Gasteiger charge is 2.29. The molecule has 25 heavy (non-hydrogen) atoms. The third-order valence-electron chi connectivity index (χ3n) is 3.74. The van der Waals surface area contributed by atoms with E-state index in [4.69, 9.17) is 31.0 Å². The van der Waals surface area contributed by atoms with Crippen LogP contribution in [-0.4, -0.2) is 58.9 Å². The maximum atomic E-state index is 8.36. The predicted molar refractivity (Wildman–Crippen MR) is 93.9 cm³/mol. The zero-order chi connectivity index (χ0) is 18.1. The van der Waals surface area contributed by atoms with E-state index < -0.39 is 0 Å². The van der Waals surface area contributed by atoms with Gasteiger partial charge in [0.25, 0.3) is 6.47 Å². The molecule has 1 aromatic carbocycles. The second-order valence-electron chi connectivity index (χ2n) is 5.57. The molecule has 0 spiro atoms. The first-order chi connectivity index (χ1) is 12.2. The maximum absolute atomic E-state index is 8.36. The average Bonchev–Trinajstić information content (AvgIpc) is 2.99. The van der Waals surface area contributed by atoms with Crippen molar-refractivity contribution in [3.05, 3.63) is 47.5 Å². The summed E-state index contributed by atoms with van der Waals surface area (Å²) in [6.07, 6.45) is 4.00. The van der Waals surface area contributed by atoms with E-state index in [1.54, 1.807) is 7.11 Å². The summed E-state index contributed by atoms with van der Waals surface area (Å²) in [7, 11) is 1.71. The molecule has 0 amide bonds. The van der Waals surface area contributed by atoms with Crippen molar-refractivity contribution in [2.24, 2.45) is 0 Å². The number of aromatic nitrogens is 2. The van der Waals surface area contributed by atoms with Crippen LogP contribution in [0.15, 0.2) is 36.8 Å². The predicted octanol–water partition coefficient (Wildman–Crippen LogP) is 2.15. The second-order valence-corrected chi connectivity index (χ2v) is 6.00. The van der Waals surface area contributed by atoms with Crippen LogP contribution < -0.4 is 4.74 Å². The van der Waals surface area contributed by atoms with E-state index >= 15 is 0 Å². The summed E-state index contributed by atoms with van der Waals surface area (Å²) >= 11 is 5.96. The summed E-state index contributed by atoms with van der Waals surface area (Å²) < 4.78 is 13.2. The van der Waals surface area contributed by atoms with Gasteiger partial charge in [0.2, 0.25) is 0 Å². The molecule has 2 aromatic rings. The van der Waals surface area contributed by atoms with Crippen LogP contribution in [0, 0.1) is 0 Å². The number of halogens is 1. The van der Waals surface area contributed by atoms with Gasteiger partial charge >= 0.3 is 0 Å². The largest absolute Gasteiger partial charge is 0.488 e. The molecule has 1 aliphatic heterocycles. The summed E-state index contributed by atoms with van der Waals surface area (Å²) in [5.74, 6) is 0.835. The fourth-order valence-electron chi connectivity index (χ4n) is 2.56. The Balaban J connectivity index is 0.000000701. The van der Waals surface area contributed by atoms with Gasteiger partial charge in [-0.15, -0.1) is 0 Å². The molecule has 0 radical (unpaired) electrons. The van der Waals surface area contributed by atoms with Crippen LogP contribution in [0.4, 0.5) is 0 Å². The van der Waals surface area contributed by atoms with Crippen molar-refractivity contribution in [1.82, 2.24) is 14.5 Å². The smallest absolute Gasteiger partial charge is 0.290 e. The molecular weight excluding hydrogens is 346 g/mol. The van der Waals surface area contributed by atoms with E-state index in [1.807, 2.05) is 36.8 Å². The molecule has 0 aliphatic carbocycles. The number of rotatable bonds is 7. The first kappa shape index (κ1) is 19.2. The Kier molecular flexibility index (Phi) is 7.72. The zero-order valence-electron chi connectivity index (χ0n) is 14.0. The molecule has 3 rings (SSSR count). The third kappa shape index (κ3) is 6.04. The lowest BCUT2D eigenvalue weighted by Gasteiger charge is -2.39. The first-order valence-electron chi connectivity index (χ1n) is 7.86. The third-order valence-corrected chi connectivity index (χ3v) is 3.98. The summed E-state index contributed by atoms with van der Waals surface area (Å²) in [6, 6.07) is 7.55. The molecule has 1 fully saturated rings. The number of ether oxygens (including phenoxy) is 2.